The summed E-state index contributed by atoms with van der Waals surface area (Å²) in [6, 6.07) is 18.1. The summed E-state index contributed by atoms with van der Waals surface area (Å²) in [4.78, 5) is 28.9. The molecule has 0 aromatic heterocycles. The molecule has 1 unspecified atom stereocenters. The lowest BCUT2D eigenvalue weighted by atomic mass is 9.82. The molecule has 0 radical (unpaired) electrons. The molecule has 2 aromatic carbocycles. The molecule has 0 saturated carbocycles. The molecule has 0 aliphatic carbocycles. The zero-order valence-corrected chi connectivity index (χ0v) is 18.4. The van der Waals surface area contributed by atoms with E-state index in [0.29, 0.717) is 19.6 Å². The summed E-state index contributed by atoms with van der Waals surface area (Å²) in [7, 11) is 0. The number of aryl methyl sites for hydroxylation is 1. The van der Waals surface area contributed by atoms with E-state index in [1.54, 1.807) is 0 Å². The van der Waals surface area contributed by atoms with Gasteiger partial charge >= 0.3 is 0 Å². The molecule has 168 valence electrons. The molecule has 32 heavy (non-hydrogen) atoms. The van der Waals surface area contributed by atoms with Gasteiger partial charge in [0.25, 0.3) is 5.91 Å². The Labute approximate surface area is 189 Å². The van der Waals surface area contributed by atoms with Crippen molar-refractivity contribution in [3.63, 3.8) is 0 Å². The number of hydrogen-bond acceptors (Lipinski definition) is 4. The van der Waals surface area contributed by atoms with Crippen LogP contribution in [-0.4, -0.2) is 54.6 Å². The number of nitrogens with zero attached hydrogens (tertiary/aromatic N) is 1. The van der Waals surface area contributed by atoms with Crippen LogP contribution < -0.4 is 10.6 Å². The number of carbonyl (C=O) groups excluding carboxylic acids is 2. The van der Waals surface area contributed by atoms with Crippen LogP contribution in [0.25, 0.3) is 0 Å². The highest BCUT2D eigenvalue weighted by Crippen LogP contribution is 2.36. The highest BCUT2D eigenvalue weighted by Gasteiger charge is 2.51. The zero-order chi connectivity index (χ0) is 22.0. The summed E-state index contributed by atoms with van der Waals surface area (Å²) in [5.74, 6) is -0.357. The molecular weight excluding hydrogens is 402 g/mol. The molecule has 5 rings (SSSR count). The third-order valence-electron chi connectivity index (χ3n) is 7.17. The van der Waals surface area contributed by atoms with Gasteiger partial charge in [0, 0.05) is 38.3 Å². The molecule has 1 spiro atoms. The fraction of sp³-hybridized carbons (Fsp3) is 0.462. The number of ether oxygens (including phenoxy) is 1. The molecule has 2 fully saturated rings. The Kier molecular flexibility index (Phi) is 5.98. The van der Waals surface area contributed by atoms with Crippen LogP contribution in [0.15, 0.2) is 54.6 Å². The van der Waals surface area contributed by atoms with E-state index >= 15 is 0 Å². The molecule has 2 aromatic rings. The first-order valence-corrected chi connectivity index (χ1v) is 11.7. The minimum atomic E-state index is -0.578. The quantitative estimate of drug-likeness (QED) is 0.760. The SMILES string of the molecule is O=C1N[C@]2(CCc3ccccc31)CN(Cc1ccccc1)C[C@H]2C(=O)NCC1CCCO1. The molecule has 2 amide bonds. The van der Waals surface area contributed by atoms with Crippen molar-refractivity contribution in [3.8, 4) is 0 Å². The molecule has 3 aliphatic rings. The van der Waals surface area contributed by atoms with Crippen LogP contribution in [0.5, 0.6) is 0 Å². The van der Waals surface area contributed by atoms with Gasteiger partial charge in [0.15, 0.2) is 0 Å². The Morgan fingerprint density at radius 2 is 1.97 bits per heavy atom. The third-order valence-corrected chi connectivity index (χ3v) is 7.17. The lowest BCUT2D eigenvalue weighted by Gasteiger charge is -2.34. The van der Waals surface area contributed by atoms with Gasteiger partial charge in [0.05, 0.1) is 17.6 Å². The van der Waals surface area contributed by atoms with E-state index in [9.17, 15) is 9.59 Å². The Morgan fingerprint density at radius 3 is 2.78 bits per heavy atom. The molecule has 6 nitrogen and oxygen atoms in total. The second-order valence-electron chi connectivity index (χ2n) is 9.36. The van der Waals surface area contributed by atoms with Gasteiger partial charge in [0.2, 0.25) is 5.91 Å². The molecule has 3 heterocycles. The van der Waals surface area contributed by atoms with E-state index < -0.39 is 5.54 Å². The van der Waals surface area contributed by atoms with Crippen molar-refractivity contribution in [2.75, 3.05) is 26.2 Å². The van der Waals surface area contributed by atoms with Crippen molar-refractivity contribution in [2.24, 2.45) is 5.92 Å². The highest BCUT2D eigenvalue weighted by molar-refractivity contribution is 5.97. The molecule has 6 heteroatoms. The topological polar surface area (TPSA) is 70.7 Å². The molecule has 2 N–H and O–H groups in total. The first-order valence-electron chi connectivity index (χ1n) is 11.7. The number of likely N-dealkylation sites (tertiary alicyclic amines) is 1. The first-order chi connectivity index (χ1) is 15.6. The van der Waals surface area contributed by atoms with Crippen molar-refractivity contribution in [2.45, 2.75) is 43.9 Å². The number of rotatable bonds is 5. The number of benzene rings is 2. The van der Waals surface area contributed by atoms with Gasteiger partial charge in [-0.1, -0.05) is 48.5 Å². The number of carbonyl (C=O) groups is 2. The third kappa shape index (κ3) is 4.30. The van der Waals surface area contributed by atoms with Crippen LogP contribution in [0, 0.1) is 5.92 Å². The van der Waals surface area contributed by atoms with E-state index in [2.05, 4.69) is 27.7 Å². The first kappa shape index (κ1) is 21.2. The highest BCUT2D eigenvalue weighted by atomic mass is 16.5. The zero-order valence-electron chi connectivity index (χ0n) is 18.4. The lowest BCUT2D eigenvalue weighted by molar-refractivity contribution is -0.127. The van der Waals surface area contributed by atoms with E-state index in [1.165, 1.54) is 5.56 Å². The molecule has 3 atom stereocenters. The number of fused-ring (bicyclic) bond motifs is 1. The van der Waals surface area contributed by atoms with Gasteiger partial charge in [-0.2, -0.15) is 0 Å². The van der Waals surface area contributed by atoms with Crippen LogP contribution in [0.2, 0.25) is 0 Å². The van der Waals surface area contributed by atoms with Crippen molar-refractivity contribution in [1.82, 2.24) is 15.5 Å². The fourth-order valence-corrected chi connectivity index (χ4v) is 5.50. The van der Waals surface area contributed by atoms with Crippen molar-refractivity contribution < 1.29 is 14.3 Å². The monoisotopic (exact) mass is 433 g/mol. The Balaban J connectivity index is 1.38. The van der Waals surface area contributed by atoms with Crippen LogP contribution >= 0.6 is 0 Å². The lowest BCUT2D eigenvalue weighted by Crippen LogP contribution is -2.57. The van der Waals surface area contributed by atoms with Gasteiger partial charge in [-0.25, -0.2) is 0 Å². The van der Waals surface area contributed by atoms with Crippen LogP contribution in [0.4, 0.5) is 0 Å². The fourth-order valence-electron chi connectivity index (χ4n) is 5.50. The molecule has 0 bridgehead atoms. The van der Waals surface area contributed by atoms with Gasteiger partial charge in [-0.05, 0) is 42.9 Å². The van der Waals surface area contributed by atoms with Crippen LogP contribution in [0.1, 0.15) is 40.7 Å². The van der Waals surface area contributed by atoms with E-state index in [4.69, 9.17) is 4.74 Å². The standard InChI is InChI=1S/C26H31N3O3/c30-24-22-11-5-4-9-20(22)12-13-26(28-24)18-29(16-19-7-2-1-3-8-19)17-23(26)25(31)27-15-21-10-6-14-32-21/h1-5,7-9,11,21,23H,6,10,12-18H2,(H,27,31)(H,28,30)/t21?,23-,26+/m0/s1. The number of amides is 2. The minimum Gasteiger partial charge on any atom is -0.376 e. The average Bonchev–Trinajstić information content (AvgIpc) is 3.42. The molecule has 2 saturated heterocycles. The van der Waals surface area contributed by atoms with Crippen molar-refractivity contribution >= 4 is 11.8 Å². The van der Waals surface area contributed by atoms with Gasteiger partial charge in [-0.15, -0.1) is 0 Å². The normalized spacial score (nSPS) is 27.7. The maximum absolute atomic E-state index is 13.4. The summed E-state index contributed by atoms with van der Waals surface area (Å²) in [5.41, 5.74) is 2.42. The smallest absolute Gasteiger partial charge is 0.252 e. The number of hydrogen-bond donors (Lipinski definition) is 2. The van der Waals surface area contributed by atoms with Crippen LogP contribution in [0.3, 0.4) is 0 Å². The molecule has 3 aliphatic heterocycles. The van der Waals surface area contributed by atoms with E-state index in [0.717, 1.165) is 50.0 Å². The Morgan fingerprint density at radius 1 is 1.16 bits per heavy atom. The Bertz CT molecular complexity index is 973. The maximum Gasteiger partial charge on any atom is 0.252 e. The second kappa shape index (κ2) is 9.04. The van der Waals surface area contributed by atoms with E-state index in [-0.39, 0.29) is 23.8 Å². The van der Waals surface area contributed by atoms with E-state index in [1.807, 2.05) is 42.5 Å². The minimum absolute atomic E-state index is 0.0160. The van der Waals surface area contributed by atoms with Gasteiger partial charge < -0.3 is 15.4 Å². The largest absolute Gasteiger partial charge is 0.376 e. The summed E-state index contributed by atoms with van der Waals surface area (Å²) in [6.07, 6.45) is 3.67. The predicted octanol–water partition coefficient (Wildman–Crippen LogP) is 2.53. The maximum atomic E-state index is 13.4. The Hall–Kier alpha value is -2.70. The van der Waals surface area contributed by atoms with Crippen molar-refractivity contribution in [1.29, 1.82) is 0 Å². The number of nitrogens with one attached hydrogen (secondary N) is 2. The van der Waals surface area contributed by atoms with Gasteiger partial charge in [0.1, 0.15) is 0 Å². The second-order valence-corrected chi connectivity index (χ2v) is 9.36. The summed E-state index contributed by atoms with van der Waals surface area (Å²) >= 11 is 0. The van der Waals surface area contributed by atoms with Gasteiger partial charge in [-0.3, -0.25) is 14.5 Å². The molecular formula is C26H31N3O3. The average molecular weight is 434 g/mol. The van der Waals surface area contributed by atoms with Crippen molar-refractivity contribution in [3.05, 3.63) is 71.3 Å². The summed E-state index contributed by atoms with van der Waals surface area (Å²) in [6.45, 7) is 3.37. The van der Waals surface area contributed by atoms with Crippen LogP contribution in [-0.2, 0) is 22.5 Å². The predicted molar refractivity (Wildman–Crippen MR) is 122 cm³/mol. The summed E-state index contributed by atoms with van der Waals surface area (Å²) in [5, 5.41) is 6.45. The summed E-state index contributed by atoms with van der Waals surface area (Å²) < 4.78 is 5.69.